The zero-order chi connectivity index (χ0) is 15.1. The van der Waals surface area contributed by atoms with Gasteiger partial charge in [0.1, 0.15) is 11.6 Å². The third-order valence-corrected chi connectivity index (χ3v) is 4.06. The summed E-state index contributed by atoms with van der Waals surface area (Å²) in [5, 5.41) is 0. The highest BCUT2D eigenvalue weighted by atomic mass is 19.1. The zero-order valence-electron chi connectivity index (χ0n) is 11.4. The van der Waals surface area contributed by atoms with Crippen LogP contribution in [-0.4, -0.2) is 11.8 Å². The molecule has 0 bridgehead atoms. The number of benzene rings is 1. The van der Waals surface area contributed by atoms with E-state index in [0.717, 1.165) is 11.0 Å². The third kappa shape index (κ3) is 1.95. The number of nitrogens with zero attached hydrogens (tertiary/aromatic N) is 1. The highest BCUT2D eigenvalue weighted by molar-refractivity contribution is 6.22. The first-order chi connectivity index (χ1) is 9.36. The highest BCUT2D eigenvalue weighted by Crippen LogP contribution is 2.42. The van der Waals surface area contributed by atoms with Crippen molar-refractivity contribution in [3.8, 4) is 0 Å². The Bertz CT molecular complexity index is 583. The lowest BCUT2D eigenvalue weighted by Gasteiger charge is -2.23. The van der Waals surface area contributed by atoms with Crippen LogP contribution in [0.2, 0.25) is 0 Å². The Morgan fingerprint density at radius 1 is 1.20 bits per heavy atom. The molecule has 1 aromatic rings. The van der Waals surface area contributed by atoms with Gasteiger partial charge in [0.15, 0.2) is 0 Å². The summed E-state index contributed by atoms with van der Waals surface area (Å²) in [6, 6.07) is 1.57. The lowest BCUT2D eigenvalue weighted by Crippen LogP contribution is -2.35. The molecule has 0 saturated carbocycles. The summed E-state index contributed by atoms with van der Waals surface area (Å²) in [4.78, 5) is 25.3. The third-order valence-electron chi connectivity index (χ3n) is 4.06. The van der Waals surface area contributed by atoms with Gasteiger partial charge in [0.25, 0.3) is 0 Å². The average Bonchev–Trinajstić information content (AvgIpc) is 2.66. The van der Waals surface area contributed by atoms with E-state index >= 15 is 0 Å². The number of nitrogens with two attached hydrogens (primary N) is 1. The van der Waals surface area contributed by atoms with Gasteiger partial charge in [0, 0.05) is 12.5 Å². The monoisotopic (exact) mass is 282 g/mol. The number of hydrogen-bond acceptors (Lipinski definition) is 3. The molecule has 1 fully saturated rings. The number of anilines is 2. The SMILES string of the molecule is CCC1(CC)CC(=O)N(c2cc(N)c(F)cc2F)C1=O. The second-order valence-electron chi connectivity index (χ2n) is 5.02. The van der Waals surface area contributed by atoms with Crippen LogP contribution in [0.15, 0.2) is 12.1 Å². The van der Waals surface area contributed by atoms with E-state index in [-0.39, 0.29) is 17.8 Å². The topological polar surface area (TPSA) is 63.4 Å². The van der Waals surface area contributed by atoms with Gasteiger partial charge in [-0.15, -0.1) is 0 Å². The molecule has 2 amide bonds. The summed E-state index contributed by atoms with van der Waals surface area (Å²) in [5.74, 6) is -2.81. The first kappa shape index (κ1) is 14.4. The molecule has 1 aliphatic heterocycles. The molecule has 6 heteroatoms. The van der Waals surface area contributed by atoms with Crippen LogP contribution in [0.3, 0.4) is 0 Å². The number of hydrogen-bond donors (Lipinski definition) is 1. The summed E-state index contributed by atoms with van der Waals surface area (Å²) in [5.41, 5.74) is 4.02. The smallest absolute Gasteiger partial charge is 0.240 e. The zero-order valence-corrected chi connectivity index (χ0v) is 11.4. The van der Waals surface area contributed by atoms with Crippen LogP contribution < -0.4 is 10.6 Å². The molecule has 1 saturated heterocycles. The van der Waals surface area contributed by atoms with Gasteiger partial charge in [-0.05, 0) is 18.9 Å². The van der Waals surface area contributed by atoms with Crippen molar-refractivity contribution in [2.45, 2.75) is 33.1 Å². The Balaban J connectivity index is 2.51. The summed E-state index contributed by atoms with van der Waals surface area (Å²) in [7, 11) is 0. The van der Waals surface area contributed by atoms with E-state index in [0.29, 0.717) is 18.9 Å². The van der Waals surface area contributed by atoms with Crippen LogP contribution in [0, 0.1) is 17.0 Å². The van der Waals surface area contributed by atoms with Crippen molar-refractivity contribution in [2.75, 3.05) is 10.6 Å². The molecule has 108 valence electrons. The Morgan fingerprint density at radius 2 is 1.80 bits per heavy atom. The van der Waals surface area contributed by atoms with Crippen molar-refractivity contribution in [2.24, 2.45) is 5.41 Å². The molecule has 2 rings (SSSR count). The first-order valence-electron chi connectivity index (χ1n) is 6.48. The van der Waals surface area contributed by atoms with Crippen LogP contribution in [0.5, 0.6) is 0 Å². The Morgan fingerprint density at radius 3 is 2.30 bits per heavy atom. The summed E-state index contributed by atoms with van der Waals surface area (Å²) < 4.78 is 27.0. The van der Waals surface area contributed by atoms with Crippen molar-refractivity contribution in [3.05, 3.63) is 23.8 Å². The number of carbonyl (C=O) groups excluding carboxylic acids is 2. The molecule has 1 aromatic carbocycles. The maximum atomic E-state index is 13.8. The average molecular weight is 282 g/mol. The summed E-state index contributed by atoms with van der Waals surface area (Å²) in [6.45, 7) is 3.63. The fraction of sp³-hybridized carbons (Fsp3) is 0.429. The molecular weight excluding hydrogens is 266 g/mol. The molecule has 20 heavy (non-hydrogen) atoms. The van der Waals surface area contributed by atoms with E-state index in [4.69, 9.17) is 5.73 Å². The van der Waals surface area contributed by atoms with E-state index < -0.39 is 28.9 Å². The Labute approximate surface area is 115 Å². The normalized spacial score (nSPS) is 17.9. The van der Waals surface area contributed by atoms with Gasteiger partial charge in [0.05, 0.1) is 16.8 Å². The molecule has 0 unspecified atom stereocenters. The minimum Gasteiger partial charge on any atom is -0.396 e. The minimum atomic E-state index is -0.971. The largest absolute Gasteiger partial charge is 0.396 e. The lowest BCUT2D eigenvalue weighted by atomic mass is 9.81. The molecule has 1 aliphatic rings. The highest BCUT2D eigenvalue weighted by Gasteiger charge is 2.50. The first-order valence-corrected chi connectivity index (χ1v) is 6.48. The van der Waals surface area contributed by atoms with Gasteiger partial charge >= 0.3 is 0 Å². The van der Waals surface area contributed by atoms with E-state index in [9.17, 15) is 18.4 Å². The van der Waals surface area contributed by atoms with Crippen LogP contribution >= 0.6 is 0 Å². The number of rotatable bonds is 3. The molecule has 0 spiro atoms. The van der Waals surface area contributed by atoms with Gasteiger partial charge in [-0.3, -0.25) is 9.59 Å². The second kappa shape index (κ2) is 4.85. The molecule has 0 aromatic heterocycles. The fourth-order valence-corrected chi connectivity index (χ4v) is 2.57. The lowest BCUT2D eigenvalue weighted by molar-refractivity contribution is -0.126. The predicted octanol–water partition coefficient (Wildman–Crippen LogP) is 2.62. The van der Waals surface area contributed by atoms with Crippen LogP contribution in [0.1, 0.15) is 33.1 Å². The van der Waals surface area contributed by atoms with Crippen molar-refractivity contribution >= 4 is 23.2 Å². The quantitative estimate of drug-likeness (QED) is 0.684. The molecule has 4 nitrogen and oxygen atoms in total. The standard InChI is InChI=1S/C14H16F2N2O2/c1-3-14(4-2)7-12(19)18(13(14)20)11-6-10(17)8(15)5-9(11)16/h5-6H,3-4,7,17H2,1-2H3. The van der Waals surface area contributed by atoms with Crippen molar-refractivity contribution in [3.63, 3.8) is 0 Å². The number of nitrogen functional groups attached to an aromatic ring is 1. The minimum absolute atomic E-state index is 0.0373. The summed E-state index contributed by atoms with van der Waals surface area (Å²) in [6.07, 6.45) is 1.02. The van der Waals surface area contributed by atoms with Gasteiger partial charge < -0.3 is 5.73 Å². The molecule has 0 aliphatic carbocycles. The van der Waals surface area contributed by atoms with Gasteiger partial charge in [-0.25, -0.2) is 13.7 Å². The molecule has 0 atom stereocenters. The maximum absolute atomic E-state index is 13.8. The van der Waals surface area contributed by atoms with Gasteiger partial charge in [-0.2, -0.15) is 0 Å². The summed E-state index contributed by atoms with van der Waals surface area (Å²) >= 11 is 0. The van der Waals surface area contributed by atoms with Crippen LogP contribution in [0.25, 0.3) is 0 Å². The maximum Gasteiger partial charge on any atom is 0.240 e. The molecule has 2 N–H and O–H groups in total. The fourth-order valence-electron chi connectivity index (χ4n) is 2.57. The van der Waals surface area contributed by atoms with E-state index in [1.807, 2.05) is 13.8 Å². The van der Waals surface area contributed by atoms with Gasteiger partial charge in [-0.1, -0.05) is 13.8 Å². The van der Waals surface area contributed by atoms with Crippen molar-refractivity contribution in [1.29, 1.82) is 0 Å². The van der Waals surface area contributed by atoms with Crippen molar-refractivity contribution in [1.82, 2.24) is 0 Å². The molecule has 1 heterocycles. The van der Waals surface area contributed by atoms with E-state index in [1.54, 1.807) is 0 Å². The van der Waals surface area contributed by atoms with Crippen LogP contribution in [0.4, 0.5) is 20.2 Å². The van der Waals surface area contributed by atoms with E-state index in [2.05, 4.69) is 0 Å². The van der Waals surface area contributed by atoms with Crippen LogP contribution in [-0.2, 0) is 9.59 Å². The Kier molecular flexibility index (Phi) is 3.50. The molecular formula is C14H16F2N2O2. The number of imide groups is 1. The van der Waals surface area contributed by atoms with Crippen molar-refractivity contribution < 1.29 is 18.4 Å². The number of carbonyl (C=O) groups is 2. The number of amides is 2. The molecule has 0 radical (unpaired) electrons. The second-order valence-corrected chi connectivity index (χ2v) is 5.02. The van der Waals surface area contributed by atoms with E-state index in [1.165, 1.54) is 0 Å². The van der Waals surface area contributed by atoms with Gasteiger partial charge in [0.2, 0.25) is 11.8 Å². The predicted molar refractivity (Wildman–Crippen MR) is 70.9 cm³/mol. The number of halogens is 2. The Hall–Kier alpha value is -1.98.